The van der Waals surface area contributed by atoms with Gasteiger partial charge in [0.1, 0.15) is 16.8 Å². The van der Waals surface area contributed by atoms with Crippen molar-refractivity contribution in [3.63, 3.8) is 0 Å². The van der Waals surface area contributed by atoms with Crippen molar-refractivity contribution in [1.29, 1.82) is 0 Å². The Kier molecular flexibility index (Phi) is 5.41. The van der Waals surface area contributed by atoms with E-state index in [1.165, 1.54) is 0 Å². The summed E-state index contributed by atoms with van der Waals surface area (Å²) in [6.45, 7) is 0. The summed E-state index contributed by atoms with van der Waals surface area (Å²) >= 11 is 0.940. The Morgan fingerprint density at radius 2 is 1.52 bits per heavy atom. The molecule has 142 valence electrons. The van der Waals surface area contributed by atoms with Crippen LogP contribution in [0.5, 0.6) is 0 Å². The number of rotatable bonds is 4. The van der Waals surface area contributed by atoms with E-state index in [9.17, 15) is 31.9 Å². The quantitative estimate of drug-likeness (QED) is 0.336. The van der Waals surface area contributed by atoms with Gasteiger partial charge in [0.25, 0.3) is 0 Å². The Balaban J connectivity index is 1.87. The highest BCUT2D eigenvalue weighted by Gasteiger charge is 2.37. The van der Waals surface area contributed by atoms with Crippen molar-refractivity contribution in [3.05, 3.63) is 81.2 Å². The average molecular weight is 402 g/mol. The molecule has 1 atom stereocenters. The summed E-state index contributed by atoms with van der Waals surface area (Å²) in [4.78, 5) is 11.9. The molecule has 0 fully saturated rings. The van der Waals surface area contributed by atoms with Crippen LogP contribution in [0.4, 0.5) is 22.0 Å². The third-order valence-electron chi connectivity index (χ3n) is 3.87. The van der Waals surface area contributed by atoms with Crippen molar-refractivity contribution in [1.82, 2.24) is 0 Å². The maximum absolute atomic E-state index is 13.9. The maximum atomic E-state index is 13.9. The van der Waals surface area contributed by atoms with Gasteiger partial charge in [0.15, 0.2) is 23.3 Å². The molecule has 0 aromatic heterocycles. The van der Waals surface area contributed by atoms with Crippen LogP contribution in [-0.2, 0) is 15.3 Å². The third-order valence-corrected chi connectivity index (χ3v) is 5.04. The number of aliphatic hydroxyl groups excluding tert-OH is 1. The molecule has 1 aliphatic heterocycles. The first kappa shape index (κ1) is 19.2. The lowest BCUT2D eigenvalue weighted by molar-refractivity contribution is -0.146. The van der Waals surface area contributed by atoms with Crippen molar-refractivity contribution < 1.29 is 36.6 Å². The number of benzene rings is 2. The molecule has 0 saturated heterocycles. The van der Waals surface area contributed by atoms with Gasteiger partial charge in [0.2, 0.25) is 5.82 Å². The second kappa shape index (κ2) is 7.59. The molecule has 0 aliphatic carbocycles. The molecule has 9 heteroatoms. The molecule has 27 heavy (non-hydrogen) atoms. The smallest absolute Gasteiger partial charge is 0.348 e. The first-order chi connectivity index (χ1) is 12.8. The van der Waals surface area contributed by atoms with Crippen LogP contribution in [0.1, 0.15) is 23.7 Å². The molecule has 2 aromatic carbocycles. The number of hydrogen-bond donors (Lipinski definition) is 1. The standard InChI is InChI=1S/C18H11F5O3S/c19-12-11(13(20)15(22)16(23)14(12)21)10-6-9(24)17(18(25)26-10)27-7-8-4-2-1-3-5-8/h1-5,10,24H,6-7H2. The van der Waals surface area contributed by atoms with Crippen LogP contribution in [0.3, 0.4) is 0 Å². The number of cyclic esters (lactones) is 1. The predicted octanol–water partition coefficient (Wildman–Crippen LogP) is 5.07. The fraction of sp³-hybridized carbons (Fsp3) is 0.167. The summed E-state index contributed by atoms with van der Waals surface area (Å²) in [6, 6.07) is 8.94. The molecular weight excluding hydrogens is 391 g/mol. The minimum Gasteiger partial charge on any atom is -0.511 e. The molecule has 1 heterocycles. The molecule has 3 nitrogen and oxygen atoms in total. The first-order valence-electron chi connectivity index (χ1n) is 7.62. The molecule has 0 amide bonds. The highest BCUT2D eigenvalue weighted by Crippen LogP contribution is 2.39. The van der Waals surface area contributed by atoms with Crippen molar-refractivity contribution >= 4 is 17.7 Å². The average Bonchev–Trinajstić information content (AvgIpc) is 2.65. The predicted molar refractivity (Wildman–Crippen MR) is 87.1 cm³/mol. The van der Waals surface area contributed by atoms with Crippen LogP contribution < -0.4 is 0 Å². The van der Waals surface area contributed by atoms with E-state index in [0.717, 1.165) is 17.3 Å². The van der Waals surface area contributed by atoms with Gasteiger partial charge in [-0.1, -0.05) is 30.3 Å². The highest BCUT2D eigenvalue weighted by atomic mass is 32.2. The van der Waals surface area contributed by atoms with Crippen molar-refractivity contribution in [2.24, 2.45) is 0 Å². The lowest BCUT2D eigenvalue weighted by atomic mass is 10.0. The summed E-state index contributed by atoms with van der Waals surface area (Å²) < 4.78 is 72.5. The Bertz CT molecular complexity index is 901. The van der Waals surface area contributed by atoms with Crippen molar-refractivity contribution in [3.8, 4) is 0 Å². The zero-order valence-corrected chi connectivity index (χ0v) is 14.3. The van der Waals surface area contributed by atoms with Gasteiger partial charge in [-0.05, 0) is 5.56 Å². The summed E-state index contributed by atoms with van der Waals surface area (Å²) in [5.74, 6) is -12.1. The lowest BCUT2D eigenvalue weighted by Crippen LogP contribution is -2.23. The van der Waals surface area contributed by atoms with E-state index in [1.807, 2.05) is 0 Å². The molecule has 1 aliphatic rings. The zero-order valence-electron chi connectivity index (χ0n) is 13.4. The number of thioether (sulfide) groups is 1. The summed E-state index contributed by atoms with van der Waals surface area (Å²) in [5.41, 5.74) is -0.448. The topological polar surface area (TPSA) is 46.5 Å². The largest absolute Gasteiger partial charge is 0.511 e. The Hall–Kier alpha value is -2.55. The summed E-state index contributed by atoms with van der Waals surface area (Å²) in [7, 11) is 0. The van der Waals surface area contributed by atoms with E-state index in [2.05, 4.69) is 0 Å². The lowest BCUT2D eigenvalue weighted by Gasteiger charge is -2.25. The molecule has 0 spiro atoms. The maximum Gasteiger partial charge on any atom is 0.348 e. The molecule has 0 saturated carbocycles. The third kappa shape index (κ3) is 3.64. The SMILES string of the molecule is O=C1OC(c2c(F)c(F)c(F)c(F)c2F)CC(O)=C1SCc1ccccc1. The van der Waals surface area contributed by atoms with Gasteiger partial charge in [0.05, 0.1) is 5.56 Å². The molecular formula is C18H11F5O3S. The zero-order chi connectivity index (χ0) is 19.7. The summed E-state index contributed by atoms with van der Waals surface area (Å²) in [5, 5.41) is 10.1. The number of carbonyl (C=O) groups is 1. The van der Waals surface area contributed by atoms with E-state index in [0.29, 0.717) is 5.75 Å². The van der Waals surface area contributed by atoms with Gasteiger partial charge in [-0.2, -0.15) is 0 Å². The van der Waals surface area contributed by atoms with Gasteiger partial charge in [-0.25, -0.2) is 26.7 Å². The van der Waals surface area contributed by atoms with Crippen LogP contribution in [0.2, 0.25) is 0 Å². The van der Waals surface area contributed by atoms with Gasteiger partial charge in [-0.15, -0.1) is 11.8 Å². The van der Waals surface area contributed by atoms with Crippen molar-refractivity contribution in [2.75, 3.05) is 0 Å². The minimum absolute atomic E-state index is 0.182. The van der Waals surface area contributed by atoms with Gasteiger partial charge >= 0.3 is 5.97 Å². The highest BCUT2D eigenvalue weighted by molar-refractivity contribution is 8.03. The fourth-order valence-electron chi connectivity index (χ4n) is 2.55. The molecule has 0 radical (unpaired) electrons. The van der Waals surface area contributed by atoms with E-state index >= 15 is 0 Å². The van der Waals surface area contributed by atoms with Gasteiger partial charge in [-0.3, -0.25) is 0 Å². The fourth-order valence-corrected chi connectivity index (χ4v) is 3.47. The number of ether oxygens (including phenoxy) is 1. The van der Waals surface area contributed by atoms with Crippen LogP contribution >= 0.6 is 11.8 Å². The number of hydrogen-bond acceptors (Lipinski definition) is 4. The number of carbonyl (C=O) groups excluding carboxylic acids is 1. The Morgan fingerprint density at radius 1 is 0.963 bits per heavy atom. The second-order valence-corrected chi connectivity index (χ2v) is 6.62. The van der Waals surface area contributed by atoms with Crippen LogP contribution in [0, 0.1) is 29.1 Å². The van der Waals surface area contributed by atoms with E-state index in [-0.39, 0.29) is 4.91 Å². The minimum atomic E-state index is -2.31. The molecule has 1 N–H and O–H groups in total. The van der Waals surface area contributed by atoms with Crippen LogP contribution in [-0.4, -0.2) is 11.1 Å². The molecule has 3 rings (SSSR count). The first-order valence-corrected chi connectivity index (χ1v) is 8.61. The number of esters is 1. The monoisotopic (exact) mass is 402 g/mol. The second-order valence-electron chi connectivity index (χ2n) is 5.63. The van der Waals surface area contributed by atoms with E-state index < -0.39 is 58.9 Å². The van der Waals surface area contributed by atoms with Crippen LogP contribution in [0.25, 0.3) is 0 Å². The van der Waals surface area contributed by atoms with E-state index in [4.69, 9.17) is 4.74 Å². The van der Waals surface area contributed by atoms with Gasteiger partial charge in [0, 0.05) is 12.2 Å². The normalized spacial score (nSPS) is 17.2. The molecule has 0 bridgehead atoms. The summed E-state index contributed by atoms with van der Waals surface area (Å²) in [6.07, 6.45) is -2.44. The van der Waals surface area contributed by atoms with Crippen molar-refractivity contribution in [2.45, 2.75) is 18.3 Å². The van der Waals surface area contributed by atoms with E-state index in [1.54, 1.807) is 30.3 Å². The molecule has 1 unspecified atom stereocenters. The van der Waals surface area contributed by atoms with Gasteiger partial charge < -0.3 is 9.84 Å². The number of halogens is 5. The Morgan fingerprint density at radius 3 is 2.07 bits per heavy atom. The van der Waals surface area contributed by atoms with Crippen LogP contribution in [0.15, 0.2) is 41.0 Å². The molecule has 2 aromatic rings. The Labute approximate surface area is 154 Å². The number of aliphatic hydroxyl groups is 1.